The highest BCUT2D eigenvalue weighted by atomic mass is 32.2. The summed E-state index contributed by atoms with van der Waals surface area (Å²) in [4.78, 5) is -0.249. The summed E-state index contributed by atoms with van der Waals surface area (Å²) in [5, 5.41) is 3.29. The van der Waals surface area contributed by atoms with E-state index < -0.39 is 21.4 Å². The first-order valence-electron chi connectivity index (χ1n) is 6.94. The van der Waals surface area contributed by atoms with Crippen molar-refractivity contribution in [1.29, 1.82) is 0 Å². The van der Waals surface area contributed by atoms with E-state index in [0.717, 1.165) is 31.2 Å². The molecule has 0 saturated heterocycles. The molecule has 2 fully saturated rings. The van der Waals surface area contributed by atoms with Gasteiger partial charge >= 0.3 is 0 Å². The molecule has 3 rings (SSSR count). The van der Waals surface area contributed by atoms with Crippen LogP contribution in [-0.4, -0.2) is 20.0 Å². The van der Waals surface area contributed by atoms with Crippen molar-refractivity contribution in [2.75, 3.05) is 0 Å². The third-order valence-corrected chi connectivity index (χ3v) is 5.49. The van der Waals surface area contributed by atoms with Crippen LogP contribution in [0.3, 0.4) is 0 Å². The van der Waals surface area contributed by atoms with Crippen LogP contribution in [0.2, 0.25) is 0 Å². The van der Waals surface area contributed by atoms with Crippen LogP contribution >= 0.6 is 0 Å². The molecule has 0 radical (unpaired) electrons. The van der Waals surface area contributed by atoms with Crippen LogP contribution < -0.4 is 10.0 Å². The Bertz CT molecular complexity index is 622. The molecule has 6 heteroatoms. The topological polar surface area (TPSA) is 58.2 Å². The van der Waals surface area contributed by atoms with Crippen molar-refractivity contribution in [2.45, 2.75) is 55.6 Å². The summed E-state index contributed by atoms with van der Waals surface area (Å²) >= 11 is 0. The van der Waals surface area contributed by atoms with Crippen molar-refractivity contribution in [2.24, 2.45) is 0 Å². The summed E-state index contributed by atoms with van der Waals surface area (Å²) in [6, 6.07) is 4.82. The van der Waals surface area contributed by atoms with Crippen LogP contribution in [0, 0.1) is 5.82 Å². The average molecular weight is 298 g/mol. The molecule has 0 unspecified atom stereocenters. The molecule has 0 atom stereocenters. The fourth-order valence-corrected chi connectivity index (χ4v) is 3.68. The average Bonchev–Trinajstić information content (AvgIpc) is 3.26. The van der Waals surface area contributed by atoms with E-state index in [1.165, 1.54) is 12.1 Å². The standard InChI is InChI=1S/C14H19FN2O2S/c1-14(6-7-14)17-20(18,19)13-8-10(2-5-12(13)15)9-16-11-3-4-11/h2,5,8,11,16-17H,3-4,6-7,9H2,1H3. The number of benzene rings is 1. The van der Waals surface area contributed by atoms with Crippen molar-refractivity contribution in [3.63, 3.8) is 0 Å². The number of hydrogen-bond acceptors (Lipinski definition) is 3. The molecule has 0 aliphatic heterocycles. The molecule has 2 aliphatic rings. The van der Waals surface area contributed by atoms with Gasteiger partial charge in [-0.15, -0.1) is 0 Å². The van der Waals surface area contributed by atoms with Crippen molar-refractivity contribution in [3.05, 3.63) is 29.6 Å². The lowest BCUT2D eigenvalue weighted by molar-refractivity contribution is 0.539. The fourth-order valence-electron chi connectivity index (χ4n) is 2.08. The predicted octanol–water partition coefficient (Wildman–Crippen LogP) is 1.91. The molecule has 0 heterocycles. The van der Waals surface area contributed by atoms with Crippen LogP contribution in [0.1, 0.15) is 38.2 Å². The van der Waals surface area contributed by atoms with Gasteiger partial charge in [0, 0.05) is 18.1 Å². The van der Waals surface area contributed by atoms with E-state index in [1.807, 2.05) is 6.92 Å². The fraction of sp³-hybridized carbons (Fsp3) is 0.571. The molecule has 2 saturated carbocycles. The lowest BCUT2D eigenvalue weighted by atomic mass is 10.2. The first-order chi connectivity index (χ1) is 9.38. The Hall–Kier alpha value is -0.980. The van der Waals surface area contributed by atoms with Crippen molar-refractivity contribution in [3.8, 4) is 0 Å². The smallest absolute Gasteiger partial charge is 0.243 e. The zero-order valence-electron chi connectivity index (χ0n) is 11.4. The quantitative estimate of drug-likeness (QED) is 0.843. The van der Waals surface area contributed by atoms with Gasteiger partial charge in [0.25, 0.3) is 0 Å². The monoisotopic (exact) mass is 298 g/mol. The molecule has 1 aromatic rings. The van der Waals surface area contributed by atoms with Gasteiger partial charge in [-0.3, -0.25) is 0 Å². The number of rotatable bonds is 6. The summed E-state index contributed by atoms with van der Waals surface area (Å²) in [5.74, 6) is -0.697. The number of hydrogen-bond donors (Lipinski definition) is 2. The molecule has 2 aliphatic carbocycles. The Morgan fingerprint density at radius 3 is 2.65 bits per heavy atom. The number of nitrogens with one attached hydrogen (secondary N) is 2. The van der Waals surface area contributed by atoms with Crippen LogP contribution in [0.4, 0.5) is 4.39 Å². The summed E-state index contributed by atoms with van der Waals surface area (Å²) in [5.41, 5.74) is 0.396. The summed E-state index contributed by atoms with van der Waals surface area (Å²) in [7, 11) is -3.78. The van der Waals surface area contributed by atoms with E-state index in [-0.39, 0.29) is 4.90 Å². The highest BCUT2D eigenvalue weighted by Gasteiger charge is 2.41. The van der Waals surface area contributed by atoms with E-state index in [1.54, 1.807) is 6.07 Å². The number of halogens is 1. The highest BCUT2D eigenvalue weighted by molar-refractivity contribution is 7.89. The molecular formula is C14H19FN2O2S. The molecule has 0 amide bonds. The molecule has 4 nitrogen and oxygen atoms in total. The van der Waals surface area contributed by atoms with E-state index in [9.17, 15) is 12.8 Å². The second-order valence-electron chi connectivity index (χ2n) is 6.09. The molecule has 0 aromatic heterocycles. The number of sulfonamides is 1. The maximum atomic E-state index is 13.8. The third-order valence-electron chi connectivity index (χ3n) is 3.84. The van der Waals surface area contributed by atoms with Gasteiger partial charge in [0.05, 0.1) is 0 Å². The molecule has 110 valence electrons. The van der Waals surface area contributed by atoms with Crippen molar-refractivity contribution >= 4 is 10.0 Å². The minimum Gasteiger partial charge on any atom is -0.310 e. The van der Waals surface area contributed by atoms with Crippen LogP contribution in [-0.2, 0) is 16.6 Å². The van der Waals surface area contributed by atoms with Gasteiger partial charge in [-0.05, 0) is 50.3 Å². The van der Waals surface area contributed by atoms with Crippen LogP contribution in [0.5, 0.6) is 0 Å². The van der Waals surface area contributed by atoms with E-state index in [2.05, 4.69) is 10.0 Å². The molecule has 0 bridgehead atoms. The first kappa shape index (κ1) is 14.0. The minimum absolute atomic E-state index is 0.249. The van der Waals surface area contributed by atoms with E-state index in [0.29, 0.717) is 12.6 Å². The molecule has 0 spiro atoms. The maximum Gasteiger partial charge on any atom is 0.243 e. The maximum absolute atomic E-state index is 13.8. The molecule has 20 heavy (non-hydrogen) atoms. The first-order valence-corrected chi connectivity index (χ1v) is 8.42. The third kappa shape index (κ3) is 3.19. The van der Waals surface area contributed by atoms with E-state index in [4.69, 9.17) is 0 Å². The van der Waals surface area contributed by atoms with E-state index >= 15 is 0 Å². The van der Waals surface area contributed by atoms with Gasteiger partial charge in [0.2, 0.25) is 10.0 Å². The lowest BCUT2D eigenvalue weighted by Gasteiger charge is -2.14. The molecular weight excluding hydrogens is 279 g/mol. The zero-order valence-corrected chi connectivity index (χ0v) is 12.3. The Balaban J connectivity index is 1.80. The highest BCUT2D eigenvalue weighted by Crippen LogP contribution is 2.36. The Labute approximate surface area is 118 Å². The lowest BCUT2D eigenvalue weighted by Crippen LogP contribution is -2.34. The van der Waals surface area contributed by atoms with Gasteiger partial charge in [0.1, 0.15) is 10.7 Å². The molecule has 2 N–H and O–H groups in total. The van der Waals surface area contributed by atoms with Gasteiger partial charge in [-0.2, -0.15) is 0 Å². The summed E-state index contributed by atoms with van der Waals surface area (Å²) in [6.45, 7) is 2.41. The summed E-state index contributed by atoms with van der Waals surface area (Å²) < 4.78 is 40.9. The Morgan fingerprint density at radius 1 is 1.35 bits per heavy atom. The van der Waals surface area contributed by atoms with Crippen molar-refractivity contribution in [1.82, 2.24) is 10.0 Å². The second kappa shape index (κ2) is 4.79. The SMILES string of the molecule is CC1(NS(=O)(=O)c2cc(CNC3CC3)ccc2F)CC1. The minimum atomic E-state index is -3.78. The van der Waals surface area contributed by atoms with Gasteiger partial charge < -0.3 is 5.32 Å². The largest absolute Gasteiger partial charge is 0.310 e. The second-order valence-corrected chi connectivity index (χ2v) is 7.74. The zero-order chi connectivity index (χ0) is 14.4. The normalized spacial score (nSPS) is 20.9. The van der Waals surface area contributed by atoms with Crippen LogP contribution in [0.15, 0.2) is 23.1 Å². The van der Waals surface area contributed by atoms with Crippen molar-refractivity contribution < 1.29 is 12.8 Å². The van der Waals surface area contributed by atoms with Gasteiger partial charge in [-0.25, -0.2) is 17.5 Å². The summed E-state index contributed by atoms with van der Waals surface area (Å²) in [6.07, 6.45) is 3.92. The Kier molecular flexibility index (Phi) is 3.35. The van der Waals surface area contributed by atoms with Crippen LogP contribution in [0.25, 0.3) is 0 Å². The Morgan fingerprint density at radius 2 is 2.05 bits per heavy atom. The van der Waals surface area contributed by atoms with Gasteiger partial charge in [-0.1, -0.05) is 6.07 Å². The molecule has 1 aromatic carbocycles. The predicted molar refractivity (Wildman–Crippen MR) is 74.2 cm³/mol. The van der Waals surface area contributed by atoms with Gasteiger partial charge in [0.15, 0.2) is 0 Å².